The molecular weight excluding hydrogens is 360 g/mol. The monoisotopic (exact) mass is 386 g/mol. The molecular formula is C17H27ClN4O2S. The van der Waals surface area contributed by atoms with Gasteiger partial charge in [-0.15, -0.1) is 0 Å². The zero-order valence-electron chi connectivity index (χ0n) is 14.6. The molecule has 25 heavy (non-hydrogen) atoms. The number of halogens is 1. The summed E-state index contributed by atoms with van der Waals surface area (Å²) in [6, 6.07) is 7.71. The molecule has 1 aromatic rings. The Morgan fingerprint density at radius 2 is 1.88 bits per heavy atom. The van der Waals surface area contributed by atoms with Crippen molar-refractivity contribution >= 4 is 27.6 Å². The van der Waals surface area contributed by atoms with E-state index in [-0.39, 0.29) is 5.75 Å². The molecule has 0 unspecified atom stereocenters. The topological polar surface area (TPSA) is 82.6 Å². The van der Waals surface area contributed by atoms with E-state index in [1.165, 1.54) is 12.0 Å². The van der Waals surface area contributed by atoms with Crippen LogP contribution in [0.1, 0.15) is 24.8 Å². The molecule has 1 saturated carbocycles. The van der Waals surface area contributed by atoms with Gasteiger partial charge < -0.3 is 10.6 Å². The molecule has 8 heteroatoms. The number of nitrogens with one attached hydrogen (secondary N) is 3. The summed E-state index contributed by atoms with van der Waals surface area (Å²) in [6.07, 6.45) is 4.31. The summed E-state index contributed by atoms with van der Waals surface area (Å²) in [5.41, 5.74) is 1.18. The molecule has 1 aliphatic rings. The van der Waals surface area contributed by atoms with E-state index in [1.807, 2.05) is 24.3 Å². The molecule has 140 valence electrons. The van der Waals surface area contributed by atoms with Gasteiger partial charge in [-0.2, -0.15) is 0 Å². The Bertz CT molecular complexity index is 658. The molecule has 3 N–H and O–H groups in total. The smallest absolute Gasteiger partial charge is 0.213 e. The highest BCUT2D eigenvalue weighted by molar-refractivity contribution is 7.89. The highest BCUT2D eigenvalue weighted by Crippen LogP contribution is 2.25. The van der Waals surface area contributed by atoms with Gasteiger partial charge in [0.1, 0.15) is 0 Å². The molecule has 0 aromatic heterocycles. The van der Waals surface area contributed by atoms with E-state index < -0.39 is 10.0 Å². The van der Waals surface area contributed by atoms with E-state index in [9.17, 15) is 8.42 Å². The van der Waals surface area contributed by atoms with Crippen LogP contribution in [0, 0.1) is 5.92 Å². The van der Waals surface area contributed by atoms with E-state index in [0.29, 0.717) is 31.5 Å². The summed E-state index contributed by atoms with van der Waals surface area (Å²) in [5, 5.41) is 6.94. The molecule has 0 bridgehead atoms. The van der Waals surface area contributed by atoms with Crippen LogP contribution < -0.4 is 15.4 Å². The average molecular weight is 387 g/mol. The van der Waals surface area contributed by atoms with Crippen LogP contribution in [0.3, 0.4) is 0 Å². The van der Waals surface area contributed by atoms with Gasteiger partial charge in [-0.1, -0.05) is 30.2 Å². The molecule has 0 aliphatic heterocycles. The quantitative estimate of drug-likeness (QED) is 0.446. The minimum Gasteiger partial charge on any atom is -0.356 e. The van der Waals surface area contributed by atoms with Crippen molar-refractivity contribution in [1.29, 1.82) is 0 Å². The predicted molar refractivity (Wildman–Crippen MR) is 104 cm³/mol. The normalized spacial score (nSPS) is 15.7. The summed E-state index contributed by atoms with van der Waals surface area (Å²) in [5.74, 6) is 1.16. The van der Waals surface area contributed by atoms with Crippen molar-refractivity contribution in [3.63, 3.8) is 0 Å². The molecule has 1 aliphatic carbocycles. The number of sulfonamides is 1. The summed E-state index contributed by atoms with van der Waals surface area (Å²) < 4.78 is 26.6. The van der Waals surface area contributed by atoms with Crippen molar-refractivity contribution in [3.8, 4) is 0 Å². The zero-order chi connectivity index (χ0) is 18.1. The van der Waals surface area contributed by atoms with Gasteiger partial charge in [0.25, 0.3) is 0 Å². The van der Waals surface area contributed by atoms with E-state index >= 15 is 0 Å². The highest BCUT2D eigenvalue weighted by atomic mass is 35.5. The van der Waals surface area contributed by atoms with Crippen molar-refractivity contribution < 1.29 is 8.42 Å². The molecule has 0 radical (unpaired) electrons. The van der Waals surface area contributed by atoms with Gasteiger partial charge in [0.05, 0.1) is 5.75 Å². The third kappa shape index (κ3) is 7.63. The van der Waals surface area contributed by atoms with Gasteiger partial charge >= 0.3 is 0 Å². The van der Waals surface area contributed by atoms with Crippen LogP contribution in [0.25, 0.3) is 0 Å². The first-order valence-electron chi connectivity index (χ1n) is 8.65. The van der Waals surface area contributed by atoms with E-state index in [2.05, 4.69) is 20.3 Å². The van der Waals surface area contributed by atoms with Crippen LogP contribution in [-0.4, -0.2) is 46.8 Å². The number of nitrogens with zero attached hydrogens (tertiary/aromatic N) is 1. The maximum atomic E-state index is 11.9. The molecule has 0 heterocycles. The Morgan fingerprint density at radius 1 is 1.20 bits per heavy atom. The van der Waals surface area contributed by atoms with Crippen molar-refractivity contribution in [2.45, 2.75) is 25.7 Å². The lowest BCUT2D eigenvalue weighted by Crippen LogP contribution is -2.42. The Kier molecular flexibility index (Phi) is 7.99. The lowest BCUT2D eigenvalue weighted by Gasteiger charge is -2.25. The minimum absolute atomic E-state index is 0.0393. The lowest BCUT2D eigenvalue weighted by atomic mass is 9.86. The van der Waals surface area contributed by atoms with Gasteiger partial charge in [-0.25, -0.2) is 13.1 Å². The standard InChI is InChI=1S/C17H27ClN4O2S/c1-19-17(20-10-9-14-5-7-16(18)8-6-14)21-11-12-25(23,24)22-13-15-3-2-4-15/h5-8,15,22H,2-4,9-13H2,1H3,(H2,19,20,21). The summed E-state index contributed by atoms with van der Waals surface area (Å²) in [6.45, 7) is 1.59. The maximum Gasteiger partial charge on any atom is 0.213 e. The van der Waals surface area contributed by atoms with Gasteiger partial charge in [0.2, 0.25) is 10.0 Å². The van der Waals surface area contributed by atoms with Crippen LogP contribution in [-0.2, 0) is 16.4 Å². The summed E-state index contributed by atoms with van der Waals surface area (Å²) in [4.78, 5) is 4.11. The first-order chi connectivity index (χ1) is 12.0. The van der Waals surface area contributed by atoms with Crippen molar-refractivity contribution in [2.24, 2.45) is 10.9 Å². The fourth-order valence-electron chi connectivity index (χ4n) is 2.51. The average Bonchev–Trinajstić information content (AvgIpc) is 2.53. The maximum absolute atomic E-state index is 11.9. The second-order valence-corrected chi connectivity index (χ2v) is 8.63. The van der Waals surface area contributed by atoms with E-state index in [4.69, 9.17) is 11.6 Å². The fraction of sp³-hybridized carbons (Fsp3) is 0.588. The van der Waals surface area contributed by atoms with Crippen LogP contribution >= 0.6 is 11.6 Å². The third-order valence-electron chi connectivity index (χ3n) is 4.32. The number of rotatable bonds is 9. The molecule has 0 atom stereocenters. The molecule has 6 nitrogen and oxygen atoms in total. The van der Waals surface area contributed by atoms with Gasteiger partial charge in [-0.3, -0.25) is 4.99 Å². The molecule has 2 rings (SSSR count). The Hall–Kier alpha value is -1.31. The zero-order valence-corrected chi connectivity index (χ0v) is 16.2. The second-order valence-electron chi connectivity index (χ2n) is 6.27. The number of hydrogen-bond acceptors (Lipinski definition) is 3. The first-order valence-corrected chi connectivity index (χ1v) is 10.7. The molecule has 0 spiro atoms. The van der Waals surface area contributed by atoms with Gasteiger partial charge in [-0.05, 0) is 42.9 Å². The number of benzene rings is 1. The largest absolute Gasteiger partial charge is 0.356 e. The second kappa shape index (κ2) is 9.99. The Labute approximate surface area is 155 Å². The highest BCUT2D eigenvalue weighted by Gasteiger charge is 2.19. The van der Waals surface area contributed by atoms with Crippen LogP contribution in [0.15, 0.2) is 29.3 Å². The Balaban J connectivity index is 1.63. The van der Waals surface area contributed by atoms with Crippen LogP contribution in [0.4, 0.5) is 0 Å². The Morgan fingerprint density at radius 3 is 2.48 bits per heavy atom. The summed E-state index contributed by atoms with van der Waals surface area (Å²) in [7, 11) is -1.56. The SMILES string of the molecule is CN=C(NCCc1ccc(Cl)cc1)NCCS(=O)(=O)NCC1CCC1. The third-order valence-corrected chi connectivity index (χ3v) is 5.92. The summed E-state index contributed by atoms with van der Waals surface area (Å²) >= 11 is 5.86. The molecule has 1 fully saturated rings. The molecule has 1 aromatic carbocycles. The molecule has 0 amide bonds. The minimum atomic E-state index is -3.23. The lowest BCUT2D eigenvalue weighted by molar-refractivity contribution is 0.316. The fourth-order valence-corrected chi connectivity index (χ4v) is 3.65. The van der Waals surface area contributed by atoms with E-state index in [1.54, 1.807) is 7.05 Å². The number of aliphatic imine (C=N–C) groups is 1. The van der Waals surface area contributed by atoms with Crippen molar-refractivity contribution in [1.82, 2.24) is 15.4 Å². The van der Waals surface area contributed by atoms with Crippen molar-refractivity contribution in [3.05, 3.63) is 34.9 Å². The van der Waals surface area contributed by atoms with Gasteiger partial charge in [0.15, 0.2) is 5.96 Å². The van der Waals surface area contributed by atoms with Crippen LogP contribution in [0.2, 0.25) is 5.02 Å². The number of hydrogen-bond donors (Lipinski definition) is 3. The predicted octanol–water partition coefficient (Wildman–Crippen LogP) is 1.77. The first kappa shape index (κ1) is 20.0. The van der Waals surface area contributed by atoms with Crippen LogP contribution in [0.5, 0.6) is 0 Å². The van der Waals surface area contributed by atoms with E-state index in [0.717, 1.165) is 24.3 Å². The van der Waals surface area contributed by atoms with Gasteiger partial charge in [0, 0.05) is 31.7 Å². The van der Waals surface area contributed by atoms with Crippen molar-refractivity contribution in [2.75, 3.05) is 32.4 Å². The number of guanidine groups is 1. The molecule has 0 saturated heterocycles.